The average molecular weight is 310 g/mol. The van der Waals surface area contributed by atoms with Crippen LogP contribution in [0.15, 0.2) is 42.5 Å². The van der Waals surface area contributed by atoms with Crippen LogP contribution < -0.4 is 10.1 Å². The number of nitrogens with one attached hydrogen (secondary N) is 1. The highest BCUT2D eigenvalue weighted by atomic mass is 35.5. The molecule has 2 aromatic carbocycles. The topological polar surface area (TPSA) is 38.3 Å². The lowest BCUT2D eigenvalue weighted by Gasteiger charge is -2.10. The molecular weight excluding hydrogens is 297 g/mol. The van der Waals surface area contributed by atoms with Gasteiger partial charge in [0.15, 0.2) is 0 Å². The predicted molar refractivity (Wildman–Crippen MR) is 82.1 cm³/mol. The Hall–Kier alpha value is -1.71. The molecule has 0 saturated heterocycles. The smallest absolute Gasteiger partial charge is 0.310 e. The van der Waals surface area contributed by atoms with Gasteiger partial charge in [0.25, 0.3) is 0 Å². The van der Waals surface area contributed by atoms with Crippen LogP contribution in [0.2, 0.25) is 10.0 Å². The molecule has 5 heteroatoms. The van der Waals surface area contributed by atoms with Crippen molar-refractivity contribution in [3.8, 4) is 5.75 Å². The fourth-order valence-electron chi connectivity index (χ4n) is 1.56. The molecular formula is C15H13Cl2NO2. The largest absolute Gasteiger partial charge is 0.426 e. The summed E-state index contributed by atoms with van der Waals surface area (Å²) in [5.41, 5.74) is 1.51. The molecule has 0 aliphatic heterocycles. The summed E-state index contributed by atoms with van der Waals surface area (Å²) < 4.78 is 5.16. The molecule has 0 atom stereocenters. The number of carbonyl (C=O) groups excluding carboxylic acids is 1. The Labute approximate surface area is 127 Å². The second-order valence-corrected chi connectivity index (χ2v) is 4.94. The normalized spacial score (nSPS) is 10.2. The molecule has 0 bridgehead atoms. The average Bonchev–Trinajstić information content (AvgIpc) is 2.45. The Morgan fingerprint density at radius 3 is 2.50 bits per heavy atom. The van der Waals surface area contributed by atoms with E-state index in [2.05, 4.69) is 5.32 Å². The first kappa shape index (κ1) is 14.7. The van der Waals surface area contributed by atoms with Crippen LogP contribution in [-0.2, 0) is 4.79 Å². The molecule has 0 aromatic heterocycles. The zero-order valence-electron chi connectivity index (χ0n) is 10.8. The van der Waals surface area contributed by atoms with Crippen LogP contribution in [0.25, 0.3) is 0 Å². The van der Waals surface area contributed by atoms with E-state index in [1.54, 1.807) is 37.3 Å². The van der Waals surface area contributed by atoms with E-state index in [0.717, 1.165) is 5.69 Å². The lowest BCUT2D eigenvalue weighted by molar-refractivity contribution is -0.134. The van der Waals surface area contributed by atoms with Gasteiger partial charge in [-0.1, -0.05) is 30.1 Å². The second-order valence-electron chi connectivity index (χ2n) is 4.10. The monoisotopic (exact) mass is 309 g/mol. The molecule has 0 saturated carbocycles. The zero-order chi connectivity index (χ0) is 14.5. The van der Waals surface area contributed by atoms with Crippen LogP contribution in [0.4, 0.5) is 11.4 Å². The van der Waals surface area contributed by atoms with E-state index < -0.39 is 0 Å². The quantitative estimate of drug-likeness (QED) is 0.634. The van der Waals surface area contributed by atoms with E-state index in [4.69, 9.17) is 27.9 Å². The van der Waals surface area contributed by atoms with Gasteiger partial charge in [-0.05, 0) is 36.4 Å². The number of anilines is 2. The maximum absolute atomic E-state index is 11.3. The summed E-state index contributed by atoms with van der Waals surface area (Å²) in [5, 5.41) is 4.35. The number of benzene rings is 2. The number of carbonyl (C=O) groups is 1. The third-order valence-corrected chi connectivity index (χ3v) is 3.16. The summed E-state index contributed by atoms with van der Waals surface area (Å²) in [6, 6.07) is 12.2. The molecule has 2 rings (SSSR count). The minimum atomic E-state index is -0.287. The molecule has 0 spiro atoms. The van der Waals surface area contributed by atoms with E-state index in [-0.39, 0.29) is 5.97 Å². The first-order valence-electron chi connectivity index (χ1n) is 6.11. The van der Waals surface area contributed by atoms with Crippen molar-refractivity contribution < 1.29 is 9.53 Å². The zero-order valence-corrected chi connectivity index (χ0v) is 12.3. The lowest BCUT2D eigenvalue weighted by atomic mass is 10.2. The summed E-state index contributed by atoms with van der Waals surface area (Å²) in [6.07, 6.45) is 0.322. The molecule has 0 aliphatic rings. The van der Waals surface area contributed by atoms with Crippen LogP contribution >= 0.6 is 23.2 Å². The highest BCUT2D eigenvalue weighted by molar-refractivity contribution is 6.33. The van der Waals surface area contributed by atoms with Gasteiger partial charge in [0.05, 0.1) is 10.7 Å². The van der Waals surface area contributed by atoms with Gasteiger partial charge in [-0.15, -0.1) is 0 Å². The van der Waals surface area contributed by atoms with E-state index in [1.807, 2.05) is 12.1 Å². The molecule has 0 radical (unpaired) electrons. The van der Waals surface area contributed by atoms with Crippen LogP contribution in [0.3, 0.4) is 0 Å². The van der Waals surface area contributed by atoms with Crippen molar-refractivity contribution in [3.05, 3.63) is 52.5 Å². The van der Waals surface area contributed by atoms with Gasteiger partial charge in [0.1, 0.15) is 5.75 Å². The van der Waals surface area contributed by atoms with E-state index in [9.17, 15) is 4.79 Å². The lowest BCUT2D eigenvalue weighted by Crippen LogP contribution is -2.05. The van der Waals surface area contributed by atoms with Crippen LogP contribution in [-0.4, -0.2) is 5.97 Å². The number of halogens is 2. The van der Waals surface area contributed by atoms with Crippen LogP contribution in [0.1, 0.15) is 13.3 Å². The fourth-order valence-corrected chi connectivity index (χ4v) is 1.85. The maximum atomic E-state index is 11.3. The van der Waals surface area contributed by atoms with Crippen molar-refractivity contribution in [2.45, 2.75) is 13.3 Å². The molecule has 0 fully saturated rings. The van der Waals surface area contributed by atoms with Gasteiger partial charge in [-0.3, -0.25) is 4.79 Å². The fraction of sp³-hybridized carbons (Fsp3) is 0.133. The summed E-state index contributed by atoms with van der Waals surface area (Å²) in [7, 11) is 0. The number of hydrogen-bond acceptors (Lipinski definition) is 3. The standard InChI is InChI=1S/C15H13Cl2NO2/c1-2-15(19)20-12-7-8-13(17)14(9-12)18-11-5-3-10(16)4-6-11/h3-9,18H,2H2,1H3. The van der Waals surface area contributed by atoms with Crippen molar-refractivity contribution in [3.63, 3.8) is 0 Å². The Balaban J connectivity index is 2.20. The van der Waals surface area contributed by atoms with Crippen LogP contribution in [0, 0.1) is 0 Å². The van der Waals surface area contributed by atoms with Crippen molar-refractivity contribution >= 4 is 40.5 Å². The van der Waals surface area contributed by atoms with Crippen molar-refractivity contribution in [1.82, 2.24) is 0 Å². The third-order valence-electron chi connectivity index (χ3n) is 2.58. The summed E-state index contributed by atoms with van der Waals surface area (Å²) in [4.78, 5) is 11.3. The number of rotatable bonds is 4. The molecule has 0 unspecified atom stereocenters. The molecule has 3 nitrogen and oxygen atoms in total. The Bertz CT molecular complexity index is 612. The summed E-state index contributed by atoms with van der Waals surface area (Å²) in [5.74, 6) is 0.169. The van der Waals surface area contributed by atoms with Gasteiger partial charge in [-0.2, -0.15) is 0 Å². The molecule has 20 heavy (non-hydrogen) atoms. The number of hydrogen-bond donors (Lipinski definition) is 1. The Morgan fingerprint density at radius 2 is 1.85 bits per heavy atom. The van der Waals surface area contributed by atoms with E-state index >= 15 is 0 Å². The number of esters is 1. The van der Waals surface area contributed by atoms with Gasteiger partial charge in [0, 0.05) is 23.2 Å². The van der Waals surface area contributed by atoms with E-state index in [0.29, 0.717) is 27.9 Å². The first-order chi connectivity index (χ1) is 9.58. The van der Waals surface area contributed by atoms with Gasteiger partial charge in [0.2, 0.25) is 0 Å². The molecule has 0 aliphatic carbocycles. The highest BCUT2D eigenvalue weighted by Gasteiger charge is 2.06. The van der Waals surface area contributed by atoms with Crippen molar-refractivity contribution in [2.75, 3.05) is 5.32 Å². The predicted octanol–water partition coefficient (Wildman–Crippen LogP) is 5.05. The Morgan fingerprint density at radius 1 is 1.15 bits per heavy atom. The van der Waals surface area contributed by atoms with Gasteiger partial charge < -0.3 is 10.1 Å². The Kier molecular flexibility index (Phi) is 4.88. The highest BCUT2D eigenvalue weighted by Crippen LogP contribution is 2.30. The SMILES string of the molecule is CCC(=O)Oc1ccc(Cl)c(Nc2ccc(Cl)cc2)c1. The van der Waals surface area contributed by atoms with E-state index in [1.165, 1.54) is 0 Å². The molecule has 104 valence electrons. The first-order valence-corrected chi connectivity index (χ1v) is 6.87. The van der Waals surface area contributed by atoms with Gasteiger partial charge >= 0.3 is 5.97 Å². The molecule has 0 heterocycles. The minimum absolute atomic E-state index is 0.287. The maximum Gasteiger partial charge on any atom is 0.310 e. The molecule has 2 aromatic rings. The second kappa shape index (κ2) is 6.64. The van der Waals surface area contributed by atoms with Crippen molar-refractivity contribution in [2.24, 2.45) is 0 Å². The molecule has 1 N–H and O–H groups in total. The third kappa shape index (κ3) is 3.89. The summed E-state index contributed by atoms with van der Waals surface area (Å²) >= 11 is 12.0. The van der Waals surface area contributed by atoms with Gasteiger partial charge in [-0.25, -0.2) is 0 Å². The molecule has 0 amide bonds. The van der Waals surface area contributed by atoms with Crippen LogP contribution in [0.5, 0.6) is 5.75 Å². The number of ether oxygens (including phenoxy) is 1. The summed E-state index contributed by atoms with van der Waals surface area (Å²) in [6.45, 7) is 1.74. The minimum Gasteiger partial charge on any atom is -0.426 e. The van der Waals surface area contributed by atoms with Crippen molar-refractivity contribution in [1.29, 1.82) is 0 Å².